The van der Waals surface area contributed by atoms with Crippen LogP contribution in [0.25, 0.3) is 21.8 Å². The maximum atomic E-state index is 13.4. The van der Waals surface area contributed by atoms with E-state index in [0.717, 1.165) is 5.56 Å². The molecule has 0 N–H and O–H groups in total. The number of carbonyl (C=O) groups excluding carboxylic acids is 2. The Labute approximate surface area is 209 Å². The van der Waals surface area contributed by atoms with Crippen molar-refractivity contribution in [1.29, 1.82) is 0 Å². The van der Waals surface area contributed by atoms with Gasteiger partial charge in [0, 0.05) is 30.5 Å². The number of rotatable bonds is 7. The first-order chi connectivity index (χ1) is 17.2. The number of nitrogens with zero attached hydrogens (tertiary/aromatic N) is 3. The fraction of sp³-hybridized carbons (Fsp3) is 0.333. The molecule has 0 atom stereocenters. The number of aromatic nitrogens is 3. The molecule has 0 spiro atoms. The minimum atomic E-state index is -0.719. The van der Waals surface area contributed by atoms with Crippen LogP contribution in [0.5, 0.6) is 5.75 Å². The van der Waals surface area contributed by atoms with Gasteiger partial charge < -0.3 is 18.9 Å². The van der Waals surface area contributed by atoms with Crippen LogP contribution in [0.15, 0.2) is 48.9 Å². The highest BCUT2D eigenvalue weighted by atomic mass is 16.6. The average Bonchev–Trinajstić information content (AvgIpc) is 3.18. The molecule has 3 heterocycles. The Balaban J connectivity index is 2.00. The van der Waals surface area contributed by atoms with E-state index in [4.69, 9.17) is 18.9 Å². The molecular formula is C27H29N3O6. The molecule has 0 fully saturated rings. The van der Waals surface area contributed by atoms with E-state index in [0.29, 0.717) is 33.1 Å². The fourth-order valence-corrected chi connectivity index (χ4v) is 4.00. The largest absolute Gasteiger partial charge is 0.488 e. The maximum Gasteiger partial charge on any atom is 0.419 e. The summed E-state index contributed by atoms with van der Waals surface area (Å²) in [6, 6.07) is 9.16. The van der Waals surface area contributed by atoms with Gasteiger partial charge in [-0.1, -0.05) is 6.07 Å². The van der Waals surface area contributed by atoms with Gasteiger partial charge in [0.1, 0.15) is 18.0 Å². The minimum absolute atomic E-state index is 0.0740. The summed E-state index contributed by atoms with van der Waals surface area (Å²) in [6.45, 7) is 7.69. The van der Waals surface area contributed by atoms with Gasteiger partial charge in [0.05, 0.1) is 35.8 Å². The molecule has 0 saturated carbocycles. The number of carbonyl (C=O) groups is 2. The van der Waals surface area contributed by atoms with Gasteiger partial charge in [-0.3, -0.25) is 4.98 Å². The second-order valence-corrected chi connectivity index (χ2v) is 9.11. The maximum absolute atomic E-state index is 13.4. The van der Waals surface area contributed by atoms with E-state index < -0.39 is 17.7 Å². The molecule has 9 heteroatoms. The summed E-state index contributed by atoms with van der Waals surface area (Å²) in [4.78, 5) is 34.6. The lowest BCUT2D eigenvalue weighted by Crippen LogP contribution is -2.27. The topological polar surface area (TPSA) is 102 Å². The number of esters is 1. The lowest BCUT2D eigenvalue weighted by Gasteiger charge is -2.20. The van der Waals surface area contributed by atoms with Crippen molar-refractivity contribution in [3.8, 4) is 5.75 Å². The Kier molecular flexibility index (Phi) is 7.21. The molecule has 9 nitrogen and oxygen atoms in total. The van der Waals surface area contributed by atoms with E-state index in [2.05, 4.69) is 9.97 Å². The highest BCUT2D eigenvalue weighted by molar-refractivity contribution is 6.17. The molecule has 3 aromatic heterocycles. The summed E-state index contributed by atoms with van der Waals surface area (Å²) in [5.74, 6) is -0.0326. The van der Waals surface area contributed by atoms with Crippen molar-refractivity contribution in [1.82, 2.24) is 14.5 Å². The van der Waals surface area contributed by atoms with Gasteiger partial charge in [0.25, 0.3) is 0 Å². The number of fused-ring (bicyclic) bond motifs is 3. The van der Waals surface area contributed by atoms with Gasteiger partial charge >= 0.3 is 12.1 Å². The number of hydrogen-bond donors (Lipinski definition) is 0. The second kappa shape index (κ2) is 10.3. The molecule has 0 saturated heterocycles. The summed E-state index contributed by atoms with van der Waals surface area (Å²) in [5, 5.41) is 1.26. The van der Waals surface area contributed by atoms with Crippen molar-refractivity contribution in [3.63, 3.8) is 0 Å². The lowest BCUT2D eigenvalue weighted by molar-refractivity contribution is 0.0513. The predicted molar refractivity (Wildman–Crippen MR) is 134 cm³/mol. The molecule has 0 bridgehead atoms. The third-order valence-electron chi connectivity index (χ3n) is 5.37. The smallest absolute Gasteiger partial charge is 0.419 e. The molecule has 4 rings (SSSR count). The highest BCUT2D eigenvalue weighted by Crippen LogP contribution is 2.39. The quantitative estimate of drug-likeness (QED) is 0.322. The molecule has 0 aliphatic heterocycles. The molecule has 36 heavy (non-hydrogen) atoms. The van der Waals surface area contributed by atoms with Crippen LogP contribution in [-0.4, -0.2) is 45.9 Å². The zero-order valence-corrected chi connectivity index (χ0v) is 21.0. The first kappa shape index (κ1) is 25.1. The number of hydrogen-bond acceptors (Lipinski definition) is 8. The average molecular weight is 492 g/mol. The minimum Gasteiger partial charge on any atom is -0.488 e. The van der Waals surface area contributed by atoms with Gasteiger partial charge in [-0.2, -0.15) is 0 Å². The van der Waals surface area contributed by atoms with Crippen molar-refractivity contribution in [3.05, 3.63) is 65.7 Å². The van der Waals surface area contributed by atoms with Gasteiger partial charge in [-0.25, -0.2) is 19.1 Å². The summed E-state index contributed by atoms with van der Waals surface area (Å²) in [6.07, 6.45) is 4.31. The Bertz CT molecular complexity index is 1410. The van der Waals surface area contributed by atoms with Crippen molar-refractivity contribution in [2.75, 3.05) is 13.7 Å². The molecule has 0 amide bonds. The van der Waals surface area contributed by atoms with Crippen LogP contribution in [0.3, 0.4) is 0 Å². The summed E-state index contributed by atoms with van der Waals surface area (Å²) >= 11 is 0. The molecular weight excluding hydrogens is 462 g/mol. The van der Waals surface area contributed by atoms with Crippen LogP contribution in [0.1, 0.15) is 49.3 Å². The van der Waals surface area contributed by atoms with Crippen LogP contribution in [-0.2, 0) is 27.4 Å². The number of methoxy groups -OCH3 is 1. The van der Waals surface area contributed by atoms with Crippen LogP contribution in [0.4, 0.5) is 4.79 Å². The zero-order valence-electron chi connectivity index (χ0n) is 21.0. The molecule has 0 unspecified atom stereocenters. The van der Waals surface area contributed by atoms with Crippen LogP contribution < -0.4 is 4.74 Å². The molecule has 0 radical (unpaired) electrons. The second-order valence-electron chi connectivity index (χ2n) is 9.11. The molecule has 4 aromatic rings. The summed E-state index contributed by atoms with van der Waals surface area (Å²) in [7, 11) is 1.53. The third-order valence-corrected chi connectivity index (χ3v) is 5.37. The summed E-state index contributed by atoms with van der Waals surface area (Å²) in [5.41, 5.74) is 1.87. The van der Waals surface area contributed by atoms with Gasteiger partial charge in [-0.05, 0) is 57.5 Å². The Morgan fingerprint density at radius 3 is 2.42 bits per heavy atom. The van der Waals surface area contributed by atoms with Gasteiger partial charge in [0.15, 0.2) is 5.69 Å². The first-order valence-corrected chi connectivity index (χ1v) is 11.6. The predicted octanol–water partition coefficient (Wildman–Crippen LogP) is 5.27. The van der Waals surface area contributed by atoms with E-state index in [9.17, 15) is 9.59 Å². The Hall–Kier alpha value is -3.98. The van der Waals surface area contributed by atoms with Crippen LogP contribution in [0, 0.1) is 0 Å². The number of pyridine rings is 2. The molecule has 188 valence electrons. The van der Waals surface area contributed by atoms with E-state index in [-0.39, 0.29) is 25.5 Å². The monoisotopic (exact) mass is 491 g/mol. The highest BCUT2D eigenvalue weighted by Gasteiger charge is 2.28. The standard InChI is InChI=1S/C27H29N3O6/c1-6-34-25(31)24-18(16-33-5)22-20(14-29-24)30(26(32)36-27(2,3)4)19-8-7-9-21(23(19)22)35-15-17-10-12-28-13-11-17/h7-14H,6,15-16H2,1-5H3. The van der Waals surface area contributed by atoms with E-state index in [1.165, 1.54) is 17.9 Å². The van der Waals surface area contributed by atoms with Crippen molar-refractivity contribution in [2.45, 2.75) is 46.5 Å². The normalized spacial score (nSPS) is 11.6. The molecule has 0 aliphatic carbocycles. The zero-order chi connectivity index (χ0) is 25.9. The van der Waals surface area contributed by atoms with Crippen molar-refractivity contribution in [2.24, 2.45) is 0 Å². The van der Waals surface area contributed by atoms with Crippen LogP contribution >= 0.6 is 0 Å². The SMILES string of the molecule is CCOC(=O)c1ncc2c(c1COC)c1c(OCc3ccncc3)cccc1n2C(=O)OC(C)(C)C. The van der Waals surface area contributed by atoms with E-state index in [1.807, 2.05) is 18.2 Å². The first-order valence-electron chi connectivity index (χ1n) is 11.6. The van der Waals surface area contributed by atoms with Crippen LogP contribution in [0.2, 0.25) is 0 Å². The fourth-order valence-electron chi connectivity index (χ4n) is 4.00. The Morgan fingerprint density at radius 2 is 1.75 bits per heavy atom. The molecule has 0 aliphatic rings. The Morgan fingerprint density at radius 1 is 1.00 bits per heavy atom. The third kappa shape index (κ3) is 5.01. The van der Waals surface area contributed by atoms with Crippen molar-refractivity contribution >= 4 is 33.9 Å². The lowest BCUT2D eigenvalue weighted by atomic mass is 10.0. The van der Waals surface area contributed by atoms with E-state index in [1.54, 1.807) is 52.2 Å². The van der Waals surface area contributed by atoms with Crippen molar-refractivity contribution < 1.29 is 28.5 Å². The van der Waals surface area contributed by atoms with Gasteiger partial charge in [0.2, 0.25) is 0 Å². The van der Waals surface area contributed by atoms with Gasteiger partial charge in [-0.15, -0.1) is 0 Å². The number of benzene rings is 1. The molecule has 1 aromatic carbocycles. The number of ether oxygens (including phenoxy) is 4. The van der Waals surface area contributed by atoms with E-state index >= 15 is 0 Å². The summed E-state index contributed by atoms with van der Waals surface area (Å²) < 4.78 is 24.1.